The van der Waals surface area contributed by atoms with Crippen molar-refractivity contribution in [1.29, 1.82) is 0 Å². The molecule has 1 aromatic heterocycles. The average Bonchev–Trinajstić information content (AvgIpc) is 2.59. The van der Waals surface area contributed by atoms with Gasteiger partial charge in [0.1, 0.15) is 0 Å². The van der Waals surface area contributed by atoms with Crippen LogP contribution in [0.15, 0.2) is 33.5 Å². The van der Waals surface area contributed by atoms with Crippen LogP contribution < -0.4 is 10.4 Å². The minimum atomic E-state index is -4.97. The third-order valence-corrected chi connectivity index (χ3v) is 3.59. The third kappa shape index (κ3) is 5.24. The Balaban J connectivity index is 2.43. The van der Waals surface area contributed by atoms with Crippen LogP contribution in [0.25, 0.3) is 11.0 Å². The highest BCUT2D eigenvalue weighted by Crippen LogP contribution is 2.30. The molecule has 0 aliphatic carbocycles. The van der Waals surface area contributed by atoms with Gasteiger partial charge in [0.25, 0.3) is 0 Å². The highest BCUT2D eigenvalue weighted by atomic mass is 19.4. The van der Waals surface area contributed by atoms with Gasteiger partial charge in [-0.2, -0.15) is 0 Å². The minimum Gasteiger partial charge on any atom is -0.465 e. The number of hydrogen-bond donors (Lipinski definition) is 0. The number of carbonyl (C=O) groups excluding carboxylic acids is 2. The summed E-state index contributed by atoms with van der Waals surface area (Å²) in [5.41, 5.74) is -1.51. The predicted octanol–water partition coefficient (Wildman–Crippen LogP) is 2.98. The summed E-state index contributed by atoms with van der Waals surface area (Å²) in [5.74, 6) is -3.85. The van der Waals surface area contributed by atoms with Crippen molar-refractivity contribution in [2.24, 2.45) is 5.92 Å². The number of benzene rings is 1. The standard InChI is InChI=1S/C18H17F3O7/c1-3-25-16(23)12(17(24)26-4-2)9-11-8-10-6-5-7-13(28-18(19,20)21)14(10)27-15(11)22/h5-8,12H,3-4,9H2,1-2H3. The van der Waals surface area contributed by atoms with Crippen LogP contribution in [-0.4, -0.2) is 31.5 Å². The summed E-state index contributed by atoms with van der Waals surface area (Å²) >= 11 is 0. The predicted molar refractivity (Wildman–Crippen MR) is 89.6 cm³/mol. The first-order chi connectivity index (χ1) is 13.2. The molecule has 0 radical (unpaired) electrons. The number of para-hydroxylation sites is 1. The first kappa shape index (κ1) is 21.3. The number of alkyl halides is 3. The lowest BCUT2D eigenvalue weighted by Crippen LogP contribution is -2.31. The number of hydrogen-bond acceptors (Lipinski definition) is 7. The van der Waals surface area contributed by atoms with E-state index in [1.54, 1.807) is 13.8 Å². The van der Waals surface area contributed by atoms with E-state index in [9.17, 15) is 27.6 Å². The maximum absolute atomic E-state index is 12.5. The van der Waals surface area contributed by atoms with Crippen LogP contribution >= 0.6 is 0 Å². The molecule has 0 spiro atoms. The number of halogens is 3. The van der Waals surface area contributed by atoms with E-state index in [4.69, 9.17) is 13.9 Å². The summed E-state index contributed by atoms with van der Waals surface area (Å²) in [6.45, 7) is 3.12. The van der Waals surface area contributed by atoms with E-state index in [0.717, 1.165) is 6.07 Å². The molecular weight excluding hydrogens is 385 g/mol. The van der Waals surface area contributed by atoms with Crippen molar-refractivity contribution < 1.29 is 41.4 Å². The molecule has 0 saturated heterocycles. The molecule has 1 aromatic carbocycles. The Morgan fingerprint density at radius 1 is 1.11 bits per heavy atom. The molecule has 0 amide bonds. The fraction of sp³-hybridized carbons (Fsp3) is 0.389. The van der Waals surface area contributed by atoms with E-state index in [0.29, 0.717) is 0 Å². The van der Waals surface area contributed by atoms with E-state index in [1.807, 2.05) is 0 Å². The summed E-state index contributed by atoms with van der Waals surface area (Å²) in [6, 6.07) is 4.91. The van der Waals surface area contributed by atoms with Gasteiger partial charge in [-0.05, 0) is 26.0 Å². The van der Waals surface area contributed by atoms with Crippen LogP contribution in [0.1, 0.15) is 19.4 Å². The molecule has 1 heterocycles. The summed E-state index contributed by atoms with van der Waals surface area (Å²) in [7, 11) is 0. The van der Waals surface area contributed by atoms with Gasteiger partial charge in [0.15, 0.2) is 17.3 Å². The Kier molecular flexibility index (Phi) is 6.66. The second-order valence-corrected chi connectivity index (χ2v) is 5.54. The van der Waals surface area contributed by atoms with Gasteiger partial charge in [-0.3, -0.25) is 9.59 Å². The Morgan fingerprint density at radius 2 is 1.71 bits per heavy atom. The van der Waals surface area contributed by atoms with E-state index < -0.39 is 41.2 Å². The summed E-state index contributed by atoms with van der Waals surface area (Å²) in [4.78, 5) is 36.3. The van der Waals surface area contributed by atoms with Gasteiger partial charge in [0.05, 0.1) is 13.2 Å². The second-order valence-electron chi connectivity index (χ2n) is 5.54. The van der Waals surface area contributed by atoms with Gasteiger partial charge in [-0.1, -0.05) is 12.1 Å². The average molecular weight is 402 g/mol. The van der Waals surface area contributed by atoms with Crippen molar-refractivity contribution in [3.63, 3.8) is 0 Å². The van der Waals surface area contributed by atoms with Crippen LogP contribution in [-0.2, 0) is 25.5 Å². The number of fused-ring (bicyclic) bond motifs is 1. The molecule has 7 nitrogen and oxygen atoms in total. The Hall–Kier alpha value is -3.04. The molecule has 0 saturated carbocycles. The molecule has 0 atom stereocenters. The fourth-order valence-corrected chi connectivity index (χ4v) is 2.48. The lowest BCUT2D eigenvalue weighted by atomic mass is 9.99. The van der Waals surface area contributed by atoms with Crippen LogP contribution in [0, 0.1) is 5.92 Å². The normalized spacial score (nSPS) is 11.5. The van der Waals surface area contributed by atoms with Crippen molar-refractivity contribution in [1.82, 2.24) is 0 Å². The molecule has 152 valence electrons. The van der Waals surface area contributed by atoms with E-state index in [1.165, 1.54) is 18.2 Å². The second kappa shape index (κ2) is 8.77. The van der Waals surface area contributed by atoms with E-state index in [2.05, 4.69) is 4.74 Å². The molecule has 2 aromatic rings. The minimum absolute atomic E-state index is 0.0131. The maximum Gasteiger partial charge on any atom is 0.573 e. The first-order valence-electron chi connectivity index (χ1n) is 8.31. The molecule has 0 N–H and O–H groups in total. The zero-order valence-electron chi connectivity index (χ0n) is 15.0. The van der Waals surface area contributed by atoms with Crippen LogP contribution in [0.5, 0.6) is 5.75 Å². The summed E-state index contributed by atoms with van der Waals surface area (Å²) in [5, 5.41) is 0.128. The van der Waals surface area contributed by atoms with E-state index in [-0.39, 0.29) is 30.6 Å². The number of ether oxygens (including phenoxy) is 3. The van der Waals surface area contributed by atoms with Crippen molar-refractivity contribution in [3.05, 3.63) is 40.2 Å². The van der Waals surface area contributed by atoms with Gasteiger partial charge in [0.2, 0.25) is 0 Å². The zero-order chi connectivity index (χ0) is 20.9. The molecule has 0 aliphatic heterocycles. The van der Waals surface area contributed by atoms with Crippen LogP contribution in [0.4, 0.5) is 13.2 Å². The largest absolute Gasteiger partial charge is 0.573 e. The quantitative estimate of drug-likeness (QED) is 0.399. The Bertz CT molecular complexity index is 900. The van der Waals surface area contributed by atoms with Crippen molar-refractivity contribution in [2.45, 2.75) is 26.6 Å². The molecule has 0 unspecified atom stereocenters. The smallest absolute Gasteiger partial charge is 0.465 e. The Morgan fingerprint density at radius 3 is 2.25 bits per heavy atom. The number of rotatable bonds is 7. The van der Waals surface area contributed by atoms with Crippen LogP contribution in [0.2, 0.25) is 0 Å². The highest BCUT2D eigenvalue weighted by Gasteiger charge is 2.33. The molecule has 10 heteroatoms. The molecule has 0 fully saturated rings. The van der Waals surface area contributed by atoms with E-state index >= 15 is 0 Å². The topological polar surface area (TPSA) is 92.0 Å². The van der Waals surface area contributed by atoms with Crippen LogP contribution in [0.3, 0.4) is 0 Å². The highest BCUT2D eigenvalue weighted by molar-refractivity contribution is 5.95. The monoisotopic (exact) mass is 402 g/mol. The third-order valence-electron chi connectivity index (χ3n) is 3.59. The lowest BCUT2D eigenvalue weighted by molar-refractivity contribution is -0.274. The van der Waals surface area contributed by atoms with Gasteiger partial charge in [-0.15, -0.1) is 13.2 Å². The molecule has 28 heavy (non-hydrogen) atoms. The van der Waals surface area contributed by atoms with Crippen molar-refractivity contribution >= 4 is 22.9 Å². The van der Waals surface area contributed by atoms with Gasteiger partial charge < -0.3 is 18.6 Å². The molecule has 2 rings (SSSR count). The first-order valence-corrected chi connectivity index (χ1v) is 8.31. The maximum atomic E-state index is 12.5. The summed E-state index contributed by atoms with van der Waals surface area (Å²) in [6.07, 6.45) is -5.36. The molecule has 0 bridgehead atoms. The summed E-state index contributed by atoms with van der Waals surface area (Å²) < 4.78 is 56.0. The Labute approximate surface area is 157 Å². The van der Waals surface area contributed by atoms with Gasteiger partial charge >= 0.3 is 23.9 Å². The fourth-order valence-electron chi connectivity index (χ4n) is 2.48. The SMILES string of the molecule is CCOC(=O)C(Cc1cc2cccc(OC(F)(F)F)c2oc1=O)C(=O)OCC. The zero-order valence-corrected chi connectivity index (χ0v) is 15.0. The van der Waals surface area contributed by atoms with Gasteiger partial charge in [-0.25, -0.2) is 4.79 Å². The van der Waals surface area contributed by atoms with Crippen molar-refractivity contribution in [2.75, 3.05) is 13.2 Å². The van der Waals surface area contributed by atoms with Crippen molar-refractivity contribution in [3.8, 4) is 5.75 Å². The molecular formula is C18H17F3O7. The number of carbonyl (C=O) groups is 2. The molecule has 0 aliphatic rings. The number of esters is 2. The lowest BCUT2D eigenvalue weighted by Gasteiger charge is -2.14. The van der Waals surface area contributed by atoms with Gasteiger partial charge in [0, 0.05) is 17.4 Å².